The fraction of sp³-hybridized carbons (Fsp3) is 0. The summed E-state index contributed by atoms with van der Waals surface area (Å²) in [6.07, 6.45) is 3.58. The molecule has 0 fully saturated rings. The Kier molecular flexibility index (Phi) is 5.60. The van der Waals surface area contributed by atoms with E-state index in [-0.39, 0.29) is 0 Å². The summed E-state index contributed by atoms with van der Waals surface area (Å²) < 4.78 is 12.3. The van der Waals surface area contributed by atoms with Gasteiger partial charge in [-0.15, -0.1) is 0 Å². The van der Waals surface area contributed by atoms with Gasteiger partial charge in [-0.2, -0.15) is 4.98 Å². The van der Waals surface area contributed by atoms with Crippen LogP contribution in [0.4, 0.5) is 0 Å². The number of benzene rings is 7. The molecule has 0 bridgehead atoms. The van der Waals surface area contributed by atoms with Crippen LogP contribution in [0.15, 0.2) is 175 Å². The normalized spacial score (nSPS) is 12.0. The molecule has 11 aromatic rings. The molecule has 0 saturated carbocycles. The number of rotatable bonds is 4. The molecule has 50 heavy (non-hydrogen) atoms. The van der Waals surface area contributed by atoms with Gasteiger partial charge in [-0.3, -0.25) is 4.40 Å². The minimum Gasteiger partial charge on any atom is -0.432 e. The number of para-hydroxylation sites is 3. The molecule has 4 aromatic heterocycles. The van der Waals surface area contributed by atoms with Gasteiger partial charge in [0.2, 0.25) is 0 Å². The van der Waals surface area contributed by atoms with E-state index < -0.39 is 0 Å². The van der Waals surface area contributed by atoms with E-state index in [1.165, 1.54) is 54.7 Å². The first-order chi connectivity index (χ1) is 24.8. The van der Waals surface area contributed by atoms with Crippen molar-refractivity contribution in [3.05, 3.63) is 170 Å². The molecule has 234 valence electrons. The molecule has 0 amide bonds. The molecule has 7 aromatic carbocycles. The van der Waals surface area contributed by atoms with Crippen LogP contribution < -0.4 is 0 Å². The number of aromatic nitrogens is 4. The zero-order chi connectivity index (χ0) is 32.8. The zero-order valence-electron chi connectivity index (χ0n) is 26.9. The highest BCUT2D eigenvalue weighted by Crippen LogP contribution is 2.38. The highest BCUT2D eigenvalue weighted by atomic mass is 16.3. The summed E-state index contributed by atoms with van der Waals surface area (Å²) >= 11 is 0. The molecule has 0 saturated heterocycles. The number of nitrogens with zero attached hydrogens (tertiary/aromatic N) is 4. The van der Waals surface area contributed by atoms with Gasteiger partial charge in [-0.05, 0) is 89.0 Å². The first kappa shape index (κ1) is 27.1. The van der Waals surface area contributed by atoms with Crippen LogP contribution in [0.1, 0.15) is 0 Å². The highest BCUT2D eigenvalue weighted by Gasteiger charge is 2.17. The van der Waals surface area contributed by atoms with Gasteiger partial charge in [0.05, 0.1) is 33.1 Å². The maximum absolute atomic E-state index is 5.52. The van der Waals surface area contributed by atoms with Gasteiger partial charge in [0, 0.05) is 39.1 Å². The molecule has 5 heteroatoms. The third kappa shape index (κ3) is 3.92. The summed E-state index contributed by atoms with van der Waals surface area (Å²) in [6, 6.07) is 57.1. The standard InChI is InChI=1S/C45H28N4O/c1-4-16-40-35(13-1)36-14-2-5-17-41(36)49(40)34-20-22-43-38(28-34)37-15-3-6-18-42(37)48(43)33-12-8-11-31(26-33)29-9-7-10-30(25-29)32-19-21-39-44(27-32)47-23-24-50-45(47)46-39/h1-28H. The lowest BCUT2D eigenvalue weighted by Gasteiger charge is -2.12. The summed E-state index contributed by atoms with van der Waals surface area (Å²) in [5, 5.41) is 5.00. The Morgan fingerprint density at radius 3 is 1.66 bits per heavy atom. The fourth-order valence-electron chi connectivity index (χ4n) is 7.91. The van der Waals surface area contributed by atoms with Crippen molar-refractivity contribution in [1.29, 1.82) is 0 Å². The molecule has 0 aliphatic rings. The Hall–Kier alpha value is -6.85. The average molecular weight is 641 g/mol. The lowest BCUT2D eigenvalue weighted by molar-refractivity contribution is 0.597. The molecule has 0 spiro atoms. The second-order valence-electron chi connectivity index (χ2n) is 12.9. The van der Waals surface area contributed by atoms with Crippen molar-refractivity contribution in [3.8, 4) is 33.6 Å². The second-order valence-corrected chi connectivity index (χ2v) is 12.9. The van der Waals surface area contributed by atoms with Crippen LogP contribution in [-0.4, -0.2) is 18.5 Å². The van der Waals surface area contributed by atoms with E-state index in [0.29, 0.717) is 5.84 Å². The van der Waals surface area contributed by atoms with Crippen LogP contribution in [0.5, 0.6) is 0 Å². The van der Waals surface area contributed by atoms with Crippen molar-refractivity contribution in [3.63, 3.8) is 0 Å². The lowest BCUT2D eigenvalue weighted by atomic mass is 9.98. The van der Waals surface area contributed by atoms with E-state index in [9.17, 15) is 0 Å². The quantitative estimate of drug-likeness (QED) is 0.192. The first-order valence-electron chi connectivity index (χ1n) is 16.9. The molecule has 4 heterocycles. The Bertz CT molecular complexity index is 3060. The predicted molar refractivity (Wildman–Crippen MR) is 205 cm³/mol. The van der Waals surface area contributed by atoms with Crippen molar-refractivity contribution in [2.45, 2.75) is 0 Å². The fourth-order valence-corrected chi connectivity index (χ4v) is 7.91. The maximum atomic E-state index is 5.52. The van der Waals surface area contributed by atoms with Crippen LogP contribution in [0.25, 0.3) is 94.1 Å². The van der Waals surface area contributed by atoms with Gasteiger partial charge in [-0.25, -0.2) is 0 Å². The summed E-state index contributed by atoms with van der Waals surface area (Å²) in [4.78, 5) is 4.59. The third-order valence-corrected chi connectivity index (χ3v) is 10.2. The summed E-state index contributed by atoms with van der Waals surface area (Å²) in [5.74, 6) is 0.607. The number of hydrogen-bond donors (Lipinski definition) is 0. The van der Waals surface area contributed by atoms with E-state index in [1.807, 2.05) is 10.6 Å². The topological polar surface area (TPSA) is 40.3 Å². The van der Waals surface area contributed by atoms with Gasteiger partial charge in [0.25, 0.3) is 0 Å². The van der Waals surface area contributed by atoms with E-state index in [1.54, 1.807) is 6.26 Å². The molecule has 0 atom stereocenters. The van der Waals surface area contributed by atoms with Crippen molar-refractivity contribution in [1.82, 2.24) is 18.5 Å². The molecule has 0 radical (unpaired) electrons. The smallest absolute Gasteiger partial charge is 0.306 e. The van der Waals surface area contributed by atoms with Gasteiger partial charge in [0.15, 0.2) is 0 Å². The van der Waals surface area contributed by atoms with Crippen LogP contribution in [0.3, 0.4) is 0 Å². The minimum absolute atomic E-state index is 0.607. The Labute approximate surface area is 286 Å². The Morgan fingerprint density at radius 1 is 0.400 bits per heavy atom. The van der Waals surface area contributed by atoms with Gasteiger partial charge >= 0.3 is 5.84 Å². The van der Waals surface area contributed by atoms with E-state index in [0.717, 1.165) is 33.5 Å². The van der Waals surface area contributed by atoms with E-state index in [4.69, 9.17) is 4.42 Å². The third-order valence-electron chi connectivity index (χ3n) is 10.2. The summed E-state index contributed by atoms with van der Waals surface area (Å²) in [5.41, 5.74) is 13.7. The molecule has 0 N–H and O–H groups in total. The summed E-state index contributed by atoms with van der Waals surface area (Å²) in [7, 11) is 0. The largest absolute Gasteiger partial charge is 0.432 e. The number of hydrogen-bond acceptors (Lipinski definition) is 2. The Balaban J connectivity index is 1.05. The molecular weight excluding hydrogens is 613 g/mol. The van der Waals surface area contributed by atoms with Gasteiger partial charge < -0.3 is 13.6 Å². The first-order valence-corrected chi connectivity index (χ1v) is 16.9. The summed E-state index contributed by atoms with van der Waals surface area (Å²) in [6.45, 7) is 0. The number of imidazole rings is 1. The van der Waals surface area contributed by atoms with Crippen molar-refractivity contribution >= 4 is 60.5 Å². The number of oxazole rings is 1. The monoisotopic (exact) mass is 640 g/mol. The van der Waals surface area contributed by atoms with Crippen molar-refractivity contribution in [2.24, 2.45) is 0 Å². The van der Waals surface area contributed by atoms with Crippen molar-refractivity contribution in [2.75, 3.05) is 0 Å². The molecule has 0 aliphatic heterocycles. The molecular formula is C45H28N4O. The van der Waals surface area contributed by atoms with E-state index in [2.05, 4.69) is 172 Å². The van der Waals surface area contributed by atoms with Crippen molar-refractivity contribution < 1.29 is 4.42 Å². The van der Waals surface area contributed by atoms with Gasteiger partial charge in [0.1, 0.15) is 6.26 Å². The second kappa shape index (κ2) is 10.3. The minimum atomic E-state index is 0.607. The highest BCUT2D eigenvalue weighted by molar-refractivity contribution is 6.12. The molecule has 11 rings (SSSR count). The lowest BCUT2D eigenvalue weighted by Crippen LogP contribution is -1.96. The predicted octanol–water partition coefficient (Wildman–Crippen LogP) is 11.6. The molecule has 5 nitrogen and oxygen atoms in total. The van der Waals surface area contributed by atoms with E-state index >= 15 is 0 Å². The SMILES string of the molecule is c1cc(-c2cccc(-n3c4ccccc4c4cc(-n5c6ccccc6c6ccccc65)ccc43)c2)cc(-c2ccc3nc4occn4c3c2)c1. The average Bonchev–Trinajstić information content (AvgIpc) is 3.94. The van der Waals surface area contributed by atoms with Crippen LogP contribution in [0, 0.1) is 0 Å². The van der Waals surface area contributed by atoms with Crippen LogP contribution >= 0.6 is 0 Å². The zero-order valence-corrected chi connectivity index (χ0v) is 26.9. The van der Waals surface area contributed by atoms with Crippen LogP contribution in [-0.2, 0) is 0 Å². The Morgan fingerprint density at radius 2 is 0.960 bits per heavy atom. The molecule has 0 aliphatic carbocycles. The van der Waals surface area contributed by atoms with Crippen LogP contribution in [0.2, 0.25) is 0 Å². The number of fused-ring (bicyclic) bond motifs is 9. The maximum Gasteiger partial charge on any atom is 0.306 e. The van der Waals surface area contributed by atoms with Gasteiger partial charge in [-0.1, -0.05) is 91.0 Å². The molecule has 0 unspecified atom stereocenters.